The first kappa shape index (κ1) is 22.0. The Balaban J connectivity index is 1.55. The van der Waals surface area contributed by atoms with Gasteiger partial charge >= 0.3 is 12.0 Å². The van der Waals surface area contributed by atoms with Crippen molar-refractivity contribution in [2.45, 2.75) is 39.2 Å². The molecule has 8 heteroatoms. The molecule has 2 aromatic carbocycles. The van der Waals surface area contributed by atoms with E-state index < -0.39 is 36.0 Å². The van der Waals surface area contributed by atoms with E-state index in [1.165, 1.54) is 0 Å². The number of carbonyl (C=O) groups excluding carboxylic acids is 4. The van der Waals surface area contributed by atoms with Crippen LogP contribution < -0.4 is 10.7 Å². The maximum Gasteiger partial charge on any atom is 0.344 e. The Morgan fingerprint density at radius 1 is 1.06 bits per heavy atom. The van der Waals surface area contributed by atoms with Gasteiger partial charge in [0.05, 0.1) is 5.56 Å². The Labute approximate surface area is 180 Å². The summed E-state index contributed by atoms with van der Waals surface area (Å²) in [5.74, 6) is -2.01. The van der Waals surface area contributed by atoms with E-state index >= 15 is 0 Å². The summed E-state index contributed by atoms with van der Waals surface area (Å²) >= 11 is 0. The number of imide groups is 1. The van der Waals surface area contributed by atoms with Gasteiger partial charge in [-0.2, -0.15) is 5.01 Å². The summed E-state index contributed by atoms with van der Waals surface area (Å²) in [6, 6.07) is 14.1. The fourth-order valence-corrected chi connectivity index (χ4v) is 3.46. The summed E-state index contributed by atoms with van der Waals surface area (Å²) in [6.45, 7) is 4.69. The number of rotatable bonds is 7. The predicted octanol–water partition coefficient (Wildman–Crippen LogP) is 2.43. The third kappa shape index (κ3) is 5.28. The van der Waals surface area contributed by atoms with Crippen molar-refractivity contribution in [3.63, 3.8) is 0 Å². The molecular weight excluding hydrogens is 398 g/mol. The van der Waals surface area contributed by atoms with Gasteiger partial charge in [0, 0.05) is 0 Å². The van der Waals surface area contributed by atoms with Gasteiger partial charge in [-0.25, -0.2) is 9.59 Å². The van der Waals surface area contributed by atoms with Crippen LogP contribution in [-0.2, 0) is 20.7 Å². The molecule has 0 unspecified atom stereocenters. The number of nitrogens with one attached hydrogen (secondary N) is 2. The maximum absolute atomic E-state index is 12.7. The van der Waals surface area contributed by atoms with Gasteiger partial charge in [-0.3, -0.25) is 15.0 Å². The molecule has 31 heavy (non-hydrogen) atoms. The lowest BCUT2D eigenvalue weighted by molar-refractivity contribution is -0.140. The van der Waals surface area contributed by atoms with E-state index in [9.17, 15) is 19.2 Å². The number of hydrogen-bond acceptors (Lipinski definition) is 5. The van der Waals surface area contributed by atoms with E-state index in [4.69, 9.17) is 4.74 Å². The zero-order valence-electron chi connectivity index (χ0n) is 17.7. The van der Waals surface area contributed by atoms with Crippen molar-refractivity contribution in [3.8, 4) is 0 Å². The molecule has 2 aromatic rings. The van der Waals surface area contributed by atoms with Crippen LogP contribution in [0, 0.1) is 13.8 Å². The zero-order chi connectivity index (χ0) is 22.6. The number of hydrogen-bond donors (Lipinski definition) is 2. The number of aryl methyl sites for hydroxylation is 3. The van der Waals surface area contributed by atoms with Crippen molar-refractivity contribution in [3.05, 3.63) is 70.8 Å². The molecule has 0 aromatic heterocycles. The summed E-state index contributed by atoms with van der Waals surface area (Å²) in [5, 5.41) is 3.26. The largest absolute Gasteiger partial charge is 0.452 e. The van der Waals surface area contributed by atoms with E-state index in [-0.39, 0.29) is 0 Å². The van der Waals surface area contributed by atoms with Crippen molar-refractivity contribution in [2.75, 3.05) is 6.61 Å². The Hall–Kier alpha value is -3.68. The second kappa shape index (κ2) is 8.99. The number of esters is 1. The number of amides is 4. The van der Waals surface area contributed by atoms with E-state index in [2.05, 4.69) is 10.7 Å². The number of hydrazine groups is 1. The molecule has 162 valence electrons. The quantitative estimate of drug-likeness (QED) is 0.526. The molecule has 1 heterocycles. The third-order valence-corrected chi connectivity index (χ3v) is 5.05. The Kier molecular flexibility index (Phi) is 6.39. The minimum absolute atomic E-state index is 0.328. The molecule has 8 nitrogen and oxygen atoms in total. The first-order chi connectivity index (χ1) is 14.7. The van der Waals surface area contributed by atoms with Gasteiger partial charge in [-0.05, 0) is 51.3 Å². The van der Waals surface area contributed by atoms with Gasteiger partial charge in [0.1, 0.15) is 5.54 Å². The average Bonchev–Trinajstić information content (AvgIpc) is 2.94. The Morgan fingerprint density at radius 3 is 2.35 bits per heavy atom. The van der Waals surface area contributed by atoms with Gasteiger partial charge in [-0.1, -0.05) is 47.5 Å². The second-order valence-electron chi connectivity index (χ2n) is 7.88. The molecule has 1 atom stereocenters. The average molecular weight is 423 g/mol. The van der Waals surface area contributed by atoms with E-state index in [1.807, 2.05) is 50.2 Å². The highest BCUT2D eigenvalue weighted by Crippen LogP contribution is 2.22. The highest BCUT2D eigenvalue weighted by molar-refractivity contribution is 6.07. The lowest BCUT2D eigenvalue weighted by atomic mass is 9.93. The Morgan fingerprint density at radius 2 is 1.71 bits per heavy atom. The zero-order valence-corrected chi connectivity index (χ0v) is 17.7. The van der Waals surface area contributed by atoms with E-state index in [0.29, 0.717) is 23.4 Å². The molecule has 1 aliphatic heterocycles. The molecule has 4 amide bonds. The summed E-state index contributed by atoms with van der Waals surface area (Å²) < 4.78 is 5.02. The number of nitrogens with zero attached hydrogens (tertiary/aromatic N) is 1. The number of benzene rings is 2. The highest BCUT2D eigenvalue weighted by atomic mass is 16.5. The first-order valence-corrected chi connectivity index (χ1v) is 9.93. The van der Waals surface area contributed by atoms with Crippen LogP contribution in [0.15, 0.2) is 48.5 Å². The minimum Gasteiger partial charge on any atom is -0.452 e. The first-order valence-electron chi connectivity index (χ1n) is 9.93. The fraction of sp³-hybridized carbons (Fsp3) is 0.304. The maximum atomic E-state index is 12.7. The number of ether oxygens (including phenoxy) is 1. The molecular formula is C23H25N3O5. The molecule has 0 bridgehead atoms. The SMILES string of the molecule is Cc1cc(C)cc(C(=O)OCC(=O)NN2C(=O)N[C@@](C)(CCc3ccccc3)C2=O)c1. The lowest BCUT2D eigenvalue weighted by Gasteiger charge is -2.21. The molecule has 1 fully saturated rings. The standard InChI is InChI=1S/C23H25N3O5/c1-15-11-16(2)13-18(12-15)20(28)31-14-19(27)25-26-21(29)23(3,24-22(26)30)10-9-17-7-5-4-6-8-17/h4-8,11-13H,9-10,14H2,1-3H3,(H,24,30)(H,25,27)/t23-/m0/s1. The van der Waals surface area contributed by atoms with Crippen LogP contribution >= 0.6 is 0 Å². The van der Waals surface area contributed by atoms with Crippen LogP contribution in [0.3, 0.4) is 0 Å². The molecule has 3 rings (SSSR count). The van der Waals surface area contributed by atoms with Gasteiger partial charge in [0.2, 0.25) is 0 Å². The molecule has 0 radical (unpaired) electrons. The summed E-state index contributed by atoms with van der Waals surface area (Å²) in [6.07, 6.45) is 0.953. The third-order valence-electron chi connectivity index (χ3n) is 5.05. The molecule has 2 N–H and O–H groups in total. The molecule has 0 saturated carbocycles. The monoisotopic (exact) mass is 423 g/mol. The van der Waals surface area contributed by atoms with Crippen LogP contribution in [0.2, 0.25) is 0 Å². The van der Waals surface area contributed by atoms with Crippen LogP contribution in [0.1, 0.15) is 40.4 Å². The summed E-state index contributed by atoms with van der Waals surface area (Å²) in [5.41, 5.74) is 4.22. The lowest BCUT2D eigenvalue weighted by Crippen LogP contribution is -2.50. The summed E-state index contributed by atoms with van der Waals surface area (Å²) in [4.78, 5) is 49.4. The van der Waals surface area contributed by atoms with Gasteiger partial charge in [-0.15, -0.1) is 0 Å². The number of carbonyl (C=O) groups is 4. The fourth-order valence-electron chi connectivity index (χ4n) is 3.46. The Bertz CT molecular complexity index is 1000. The van der Waals surface area contributed by atoms with Gasteiger partial charge in [0.15, 0.2) is 6.61 Å². The van der Waals surface area contributed by atoms with Gasteiger partial charge in [0.25, 0.3) is 11.8 Å². The normalized spacial score (nSPS) is 18.0. The topological polar surface area (TPSA) is 105 Å². The van der Waals surface area contributed by atoms with Crippen molar-refractivity contribution in [1.29, 1.82) is 0 Å². The minimum atomic E-state index is -1.14. The van der Waals surface area contributed by atoms with Crippen LogP contribution in [0.25, 0.3) is 0 Å². The summed E-state index contributed by atoms with van der Waals surface area (Å²) in [7, 11) is 0. The molecule has 0 aliphatic carbocycles. The van der Waals surface area contributed by atoms with Crippen molar-refractivity contribution in [2.24, 2.45) is 0 Å². The van der Waals surface area contributed by atoms with Crippen LogP contribution in [0.4, 0.5) is 4.79 Å². The van der Waals surface area contributed by atoms with Crippen molar-refractivity contribution >= 4 is 23.8 Å². The number of urea groups is 1. The van der Waals surface area contributed by atoms with Crippen molar-refractivity contribution < 1.29 is 23.9 Å². The smallest absolute Gasteiger partial charge is 0.344 e. The van der Waals surface area contributed by atoms with Crippen LogP contribution in [-0.4, -0.2) is 41.0 Å². The molecule has 0 spiro atoms. The predicted molar refractivity (Wildman–Crippen MR) is 113 cm³/mol. The second-order valence-corrected chi connectivity index (χ2v) is 7.88. The van der Waals surface area contributed by atoms with Crippen LogP contribution in [0.5, 0.6) is 0 Å². The highest BCUT2D eigenvalue weighted by Gasteiger charge is 2.48. The molecule has 1 saturated heterocycles. The van der Waals surface area contributed by atoms with E-state index in [1.54, 1.807) is 19.1 Å². The van der Waals surface area contributed by atoms with Gasteiger partial charge < -0.3 is 10.1 Å². The van der Waals surface area contributed by atoms with Crippen molar-refractivity contribution in [1.82, 2.24) is 15.8 Å². The van der Waals surface area contributed by atoms with E-state index in [0.717, 1.165) is 16.7 Å². The molecule has 1 aliphatic rings.